The van der Waals surface area contributed by atoms with E-state index >= 15 is 0 Å². The topological polar surface area (TPSA) is 92.8 Å². The van der Waals surface area contributed by atoms with E-state index in [0.29, 0.717) is 30.6 Å². The van der Waals surface area contributed by atoms with Crippen LogP contribution < -0.4 is 10.1 Å². The van der Waals surface area contributed by atoms with Gasteiger partial charge in [0.2, 0.25) is 11.8 Å². The van der Waals surface area contributed by atoms with Gasteiger partial charge in [0.05, 0.1) is 16.0 Å². The number of carbonyl (C=O) groups excluding carboxylic acids is 2. The molecule has 0 radical (unpaired) electrons. The first-order chi connectivity index (χ1) is 19.2. The Labute approximate surface area is 237 Å². The van der Waals surface area contributed by atoms with E-state index in [1.54, 1.807) is 53.4 Å². The largest absolute Gasteiger partial charge is 0.489 e. The van der Waals surface area contributed by atoms with Crippen LogP contribution in [0.5, 0.6) is 5.75 Å². The second-order valence-electron chi connectivity index (χ2n) is 10.5. The number of hydrogen-bond donors (Lipinski definition) is 1. The molecule has 2 saturated heterocycles. The van der Waals surface area contributed by atoms with Gasteiger partial charge in [0.25, 0.3) is 0 Å². The maximum Gasteiger partial charge on any atom is 0.245 e. The van der Waals surface area contributed by atoms with E-state index in [1.165, 1.54) is 12.1 Å². The van der Waals surface area contributed by atoms with Crippen molar-refractivity contribution in [2.24, 2.45) is 0 Å². The van der Waals surface area contributed by atoms with Crippen molar-refractivity contribution in [3.8, 4) is 5.75 Å². The summed E-state index contributed by atoms with van der Waals surface area (Å²) >= 11 is 6.15. The van der Waals surface area contributed by atoms with Crippen molar-refractivity contribution >= 4 is 33.3 Å². The second-order valence-corrected chi connectivity index (χ2v) is 13.1. The van der Waals surface area contributed by atoms with E-state index in [-0.39, 0.29) is 53.3 Å². The van der Waals surface area contributed by atoms with Crippen LogP contribution in [0.4, 0.5) is 4.39 Å². The summed E-state index contributed by atoms with van der Waals surface area (Å²) in [4.78, 5) is 27.2. The fourth-order valence-electron chi connectivity index (χ4n) is 6.49. The third-order valence-electron chi connectivity index (χ3n) is 8.41. The standard InChI is InChI=1S/C30H28ClFN2O5S/c31-24-7-4-8-25(32)22(24)18-39-20-10-11-23-19(17-20)9-13-27-30(23,40(37,38)21-5-2-1-3-6-21)15-16-34(27)29(36)26-12-14-28(35)33-26/h1-8,10-11,17,26-27H,9,12-16,18H2,(H,33,35)/t26-,27+,30+/m0/s1. The molecule has 40 heavy (non-hydrogen) atoms. The molecule has 2 heterocycles. The number of nitrogens with zero attached hydrogens (tertiary/aromatic N) is 1. The van der Waals surface area contributed by atoms with E-state index in [1.807, 2.05) is 6.07 Å². The number of amides is 2. The zero-order valence-corrected chi connectivity index (χ0v) is 23.2. The average Bonchev–Trinajstić information content (AvgIpc) is 3.57. The number of benzene rings is 3. The van der Waals surface area contributed by atoms with Crippen LogP contribution in [-0.4, -0.2) is 43.8 Å². The zero-order valence-electron chi connectivity index (χ0n) is 21.6. The molecule has 0 aromatic heterocycles. The van der Waals surface area contributed by atoms with Gasteiger partial charge in [0, 0.05) is 18.5 Å². The molecule has 1 aliphatic carbocycles. The maximum atomic E-state index is 14.5. The molecule has 0 unspecified atom stereocenters. The van der Waals surface area contributed by atoms with Crippen LogP contribution >= 0.6 is 11.6 Å². The van der Waals surface area contributed by atoms with Crippen molar-refractivity contribution < 1.29 is 27.1 Å². The predicted octanol–water partition coefficient (Wildman–Crippen LogP) is 4.55. The highest BCUT2D eigenvalue weighted by Gasteiger charge is 2.61. The lowest BCUT2D eigenvalue weighted by Gasteiger charge is -2.43. The number of sulfone groups is 1. The molecule has 208 valence electrons. The Bertz CT molecular complexity index is 1580. The van der Waals surface area contributed by atoms with Crippen molar-refractivity contribution in [2.75, 3.05) is 6.54 Å². The van der Waals surface area contributed by atoms with Gasteiger partial charge in [0.15, 0.2) is 9.84 Å². The van der Waals surface area contributed by atoms with E-state index in [2.05, 4.69) is 5.32 Å². The molecule has 0 spiro atoms. The van der Waals surface area contributed by atoms with Crippen LogP contribution in [-0.2, 0) is 37.2 Å². The first kappa shape index (κ1) is 26.8. The molecule has 3 atom stereocenters. The highest BCUT2D eigenvalue weighted by Crippen LogP contribution is 2.53. The fraction of sp³-hybridized carbons (Fsp3) is 0.333. The van der Waals surface area contributed by atoms with Gasteiger partial charge < -0.3 is 15.0 Å². The van der Waals surface area contributed by atoms with Crippen LogP contribution in [0.1, 0.15) is 42.4 Å². The molecule has 10 heteroatoms. The Balaban J connectivity index is 1.38. The molecule has 2 fully saturated rings. The number of fused-ring (bicyclic) bond motifs is 3. The summed E-state index contributed by atoms with van der Waals surface area (Å²) < 4.78 is 47.7. The van der Waals surface area contributed by atoms with Crippen LogP contribution in [0.3, 0.4) is 0 Å². The summed E-state index contributed by atoms with van der Waals surface area (Å²) in [5.74, 6) is -0.385. The van der Waals surface area contributed by atoms with Crippen LogP contribution in [0, 0.1) is 5.82 Å². The summed E-state index contributed by atoms with van der Waals surface area (Å²) in [6.45, 7) is 0.196. The lowest BCUT2D eigenvalue weighted by molar-refractivity contribution is -0.135. The van der Waals surface area contributed by atoms with E-state index in [4.69, 9.17) is 16.3 Å². The third kappa shape index (κ3) is 4.27. The molecule has 3 aliphatic rings. The highest BCUT2D eigenvalue weighted by molar-refractivity contribution is 7.92. The fourth-order valence-corrected chi connectivity index (χ4v) is 9.10. The number of aryl methyl sites for hydroxylation is 1. The number of halogens is 2. The van der Waals surface area contributed by atoms with E-state index in [0.717, 1.165) is 5.56 Å². The first-order valence-electron chi connectivity index (χ1n) is 13.3. The number of nitrogens with one attached hydrogen (secondary N) is 1. The molecule has 0 bridgehead atoms. The Morgan fingerprint density at radius 1 is 1.07 bits per heavy atom. The zero-order chi connectivity index (χ0) is 28.1. The minimum atomic E-state index is -3.94. The quantitative estimate of drug-likeness (QED) is 0.460. The summed E-state index contributed by atoms with van der Waals surface area (Å²) in [7, 11) is -3.94. The molecule has 3 aromatic rings. The molecular weight excluding hydrogens is 555 g/mol. The Morgan fingerprint density at radius 2 is 1.88 bits per heavy atom. The summed E-state index contributed by atoms with van der Waals surface area (Å²) in [5.41, 5.74) is 1.71. The van der Waals surface area contributed by atoms with Gasteiger partial charge >= 0.3 is 0 Å². The van der Waals surface area contributed by atoms with Crippen molar-refractivity contribution in [2.45, 2.75) is 60.4 Å². The lowest BCUT2D eigenvalue weighted by Crippen LogP contribution is -2.54. The predicted molar refractivity (Wildman–Crippen MR) is 147 cm³/mol. The van der Waals surface area contributed by atoms with Gasteiger partial charge in [0.1, 0.15) is 29.0 Å². The van der Waals surface area contributed by atoms with Crippen molar-refractivity contribution in [1.82, 2.24) is 10.2 Å². The van der Waals surface area contributed by atoms with Gasteiger partial charge in [-0.2, -0.15) is 0 Å². The Morgan fingerprint density at radius 3 is 2.60 bits per heavy atom. The Hall–Kier alpha value is -3.43. The smallest absolute Gasteiger partial charge is 0.245 e. The number of rotatable bonds is 6. The third-order valence-corrected chi connectivity index (χ3v) is 11.3. The highest BCUT2D eigenvalue weighted by atomic mass is 35.5. The van der Waals surface area contributed by atoms with Gasteiger partial charge in [-0.05, 0) is 73.2 Å². The van der Waals surface area contributed by atoms with Gasteiger partial charge in [-0.1, -0.05) is 41.9 Å². The molecule has 0 saturated carbocycles. The minimum Gasteiger partial charge on any atom is -0.489 e. The number of carbonyl (C=O) groups is 2. The number of hydrogen-bond acceptors (Lipinski definition) is 5. The number of likely N-dealkylation sites (tertiary alicyclic amines) is 1. The van der Waals surface area contributed by atoms with E-state index < -0.39 is 32.5 Å². The minimum absolute atomic E-state index is 0.0736. The molecule has 3 aromatic carbocycles. The van der Waals surface area contributed by atoms with Crippen LogP contribution in [0.2, 0.25) is 5.02 Å². The SMILES string of the molecule is O=C1CC[C@@H](C(=O)N2CC[C@@]3(S(=O)(=O)c4ccccc4)c4ccc(OCc5c(F)cccc5Cl)cc4CC[C@@H]23)N1. The molecule has 2 amide bonds. The summed E-state index contributed by atoms with van der Waals surface area (Å²) in [6, 6.07) is 16.8. The normalized spacial score (nSPS) is 23.9. The summed E-state index contributed by atoms with van der Waals surface area (Å²) in [5, 5.41) is 3.01. The van der Waals surface area contributed by atoms with E-state index in [9.17, 15) is 22.4 Å². The second kappa shape index (κ2) is 10.2. The van der Waals surface area contributed by atoms with Crippen LogP contribution in [0.15, 0.2) is 71.6 Å². The van der Waals surface area contributed by atoms with Crippen molar-refractivity contribution in [3.05, 3.63) is 94.3 Å². The molecule has 6 rings (SSSR count). The molecular formula is C30H28ClFN2O5S. The average molecular weight is 583 g/mol. The van der Waals surface area contributed by atoms with Crippen molar-refractivity contribution in [1.29, 1.82) is 0 Å². The van der Waals surface area contributed by atoms with Gasteiger partial charge in [-0.15, -0.1) is 0 Å². The number of ether oxygens (including phenoxy) is 1. The monoisotopic (exact) mass is 582 g/mol. The lowest BCUT2D eigenvalue weighted by atomic mass is 9.78. The Kier molecular flexibility index (Phi) is 6.82. The van der Waals surface area contributed by atoms with Gasteiger partial charge in [-0.3, -0.25) is 9.59 Å². The van der Waals surface area contributed by atoms with Crippen molar-refractivity contribution in [3.63, 3.8) is 0 Å². The molecule has 1 N–H and O–H groups in total. The van der Waals surface area contributed by atoms with Gasteiger partial charge in [-0.25, -0.2) is 12.8 Å². The summed E-state index contributed by atoms with van der Waals surface area (Å²) in [6.07, 6.45) is 1.90. The first-order valence-corrected chi connectivity index (χ1v) is 15.2. The van der Waals surface area contributed by atoms with Crippen LogP contribution in [0.25, 0.3) is 0 Å². The maximum absolute atomic E-state index is 14.5. The molecule has 7 nitrogen and oxygen atoms in total. The molecule has 2 aliphatic heterocycles.